The summed E-state index contributed by atoms with van der Waals surface area (Å²) in [5.74, 6) is 6.53. The van der Waals surface area contributed by atoms with E-state index < -0.39 is 0 Å². The van der Waals surface area contributed by atoms with Crippen molar-refractivity contribution in [2.24, 2.45) is 80.3 Å². The fraction of sp³-hybridized carbons (Fsp3) is 0.955. The third-order valence-electron chi connectivity index (χ3n) is 20.3. The molecule has 0 radical (unpaired) electrons. The molecule has 8 rings (SSSR count). The maximum absolute atomic E-state index is 14.2. The van der Waals surface area contributed by atoms with Crippen molar-refractivity contribution < 1.29 is 19.1 Å². The lowest BCUT2D eigenvalue weighted by atomic mass is 9.30. The minimum atomic E-state index is -0.0573. The van der Waals surface area contributed by atoms with Gasteiger partial charge in [0, 0.05) is 39.9 Å². The zero-order valence-corrected chi connectivity index (χ0v) is 32.1. The van der Waals surface area contributed by atoms with E-state index in [9.17, 15) is 9.59 Å². The number of rotatable bonds is 5. The summed E-state index contributed by atoms with van der Waals surface area (Å²) in [5.41, 5.74) is 0.731. The molecule has 0 aromatic carbocycles. The summed E-state index contributed by atoms with van der Waals surface area (Å²) >= 11 is 0. The lowest BCUT2D eigenvalue weighted by molar-refractivity contribution is -0.253. The van der Waals surface area contributed by atoms with Gasteiger partial charge in [0.1, 0.15) is 11.6 Å². The van der Waals surface area contributed by atoms with E-state index in [0.717, 1.165) is 62.2 Å². The van der Waals surface area contributed by atoms with Crippen molar-refractivity contribution >= 4 is 11.6 Å². The molecule has 4 heteroatoms. The first-order chi connectivity index (χ1) is 22.8. The predicted octanol–water partition coefficient (Wildman–Crippen LogP) is 10.3. The molecule has 0 N–H and O–H groups in total. The first-order valence-corrected chi connectivity index (χ1v) is 20.9. The molecule has 0 saturated heterocycles. The standard InChI is InChI=1S/C44H70O4/c1-9-27-23-30(46)26-43(21-15-32-33-13-14-38(47-7)39(33,3)19-16-36(32)42(27,43)6)37-25-29(45)24-28-11-12-31-34-18-22-44(10-2,48-8)40(34,4)20-17-35(31)41(28,37)5/h27-28,31-38H,9-26H2,1-8H3/t27?,28?,31-,32-,33-,34-,35+,36+,37?,38?,39-,40-,41-,42+,43?,44?/m0/s1. The molecular formula is C44H70O4. The number of carbonyl (C=O) groups excluding carboxylic acids is 2. The Morgan fingerprint density at radius 3 is 2.12 bits per heavy atom. The topological polar surface area (TPSA) is 52.6 Å². The number of carbonyl (C=O) groups is 2. The van der Waals surface area contributed by atoms with Crippen LogP contribution < -0.4 is 0 Å². The molecule has 8 aliphatic carbocycles. The van der Waals surface area contributed by atoms with Crippen molar-refractivity contribution in [3.63, 3.8) is 0 Å². The molecule has 0 spiro atoms. The van der Waals surface area contributed by atoms with Gasteiger partial charge >= 0.3 is 0 Å². The summed E-state index contributed by atoms with van der Waals surface area (Å²) in [4.78, 5) is 28.3. The first-order valence-electron chi connectivity index (χ1n) is 20.9. The molecule has 16 atom stereocenters. The fourth-order valence-electron chi connectivity index (χ4n) is 18.1. The van der Waals surface area contributed by atoms with Gasteiger partial charge in [0.25, 0.3) is 0 Å². The maximum Gasteiger partial charge on any atom is 0.133 e. The molecule has 0 aliphatic heterocycles. The Morgan fingerprint density at radius 1 is 0.688 bits per heavy atom. The van der Waals surface area contributed by atoms with Crippen LogP contribution in [0, 0.1) is 80.3 Å². The highest BCUT2D eigenvalue weighted by atomic mass is 16.5. The van der Waals surface area contributed by atoms with Gasteiger partial charge in [0.15, 0.2) is 0 Å². The van der Waals surface area contributed by atoms with Crippen LogP contribution in [0.3, 0.4) is 0 Å². The van der Waals surface area contributed by atoms with Crippen LogP contribution >= 0.6 is 0 Å². The van der Waals surface area contributed by atoms with Crippen LogP contribution in [0.4, 0.5) is 0 Å². The smallest absolute Gasteiger partial charge is 0.133 e. The highest BCUT2D eigenvalue weighted by Gasteiger charge is 2.74. The Morgan fingerprint density at radius 2 is 1.42 bits per heavy atom. The molecule has 270 valence electrons. The molecule has 0 heterocycles. The molecule has 0 aromatic heterocycles. The molecule has 0 amide bonds. The normalized spacial score (nSPS) is 57.6. The van der Waals surface area contributed by atoms with E-state index in [4.69, 9.17) is 9.47 Å². The summed E-state index contributed by atoms with van der Waals surface area (Å²) in [6.45, 7) is 15.3. The number of fused-ring (bicyclic) bond motifs is 10. The van der Waals surface area contributed by atoms with Crippen LogP contribution in [-0.2, 0) is 19.1 Å². The number of methoxy groups -OCH3 is 2. The summed E-state index contributed by atoms with van der Waals surface area (Å²) in [6.07, 6.45) is 20.7. The van der Waals surface area contributed by atoms with Crippen LogP contribution in [0.25, 0.3) is 0 Å². The Kier molecular flexibility index (Phi) is 8.14. The predicted molar refractivity (Wildman–Crippen MR) is 191 cm³/mol. The molecule has 6 unspecified atom stereocenters. The van der Waals surface area contributed by atoms with Gasteiger partial charge in [-0.25, -0.2) is 0 Å². The van der Waals surface area contributed by atoms with Crippen molar-refractivity contribution in [2.75, 3.05) is 14.2 Å². The highest BCUT2D eigenvalue weighted by molar-refractivity contribution is 5.83. The SMILES string of the molecule is CCC1CC(=O)CC2(C3CC(=O)CC4CC[C@@H]5[C@@H](CC[C@@]6(C)[C@H]5CCC6(CC)OC)[C@]43C)CC[C@@H]3[C@@H](CC[C@]4(C)C(OC)CC[C@@H]34)[C@@]12C. The third kappa shape index (κ3) is 4.03. The number of ketones is 2. The van der Waals surface area contributed by atoms with Gasteiger partial charge in [-0.1, -0.05) is 48.0 Å². The Balaban J connectivity index is 1.22. The molecule has 8 saturated carbocycles. The Labute approximate surface area is 293 Å². The van der Waals surface area contributed by atoms with Crippen LogP contribution in [0.15, 0.2) is 0 Å². The molecule has 8 fully saturated rings. The van der Waals surface area contributed by atoms with Crippen LogP contribution in [0.5, 0.6) is 0 Å². The van der Waals surface area contributed by atoms with Crippen molar-refractivity contribution in [3.05, 3.63) is 0 Å². The third-order valence-corrected chi connectivity index (χ3v) is 20.3. The van der Waals surface area contributed by atoms with E-state index >= 15 is 0 Å². The van der Waals surface area contributed by atoms with Gasteiger partial charge in [-0.3, -0.25) is 9.59 Å². The van der Waals surface area contributed by atoms with E-state index in [0.29, 0.717) is 52.7 Å². The lowest BCUT2D eigenvalue weighted by Crippen LogP contribution is -2.69. The summed E-state index contributed by atoms with van der Waals surface area (Å²) in [6, 6.07) is 0. The zero-order valence-electron chi connectivity index (χ0n) is 32.1. The summed E-state index contributed by atoms with van der Waals surface area (Å²) in [7, 11) is 3.93. The second-order valence-corrected chi connectivity index (χ2v) is 20.3. The van der Waals surface area contributed by atoms with E-state index in [2.05, 4.69) is 41.5 Å². The highest BCUT2D eigenvalue weighted by Crippen LogP contribution is 2.79. The van der Waals surface area contributed by atoms with E-state index in [1.165, 1.54) is 77.0 Å². The largest absolute Gasteiger partial charge is 0.381 e. The molecule has 0 aromatic rings. The average molecular weight is 663 g/mol. The van der Waals surface area contributed by atoms with Gasteiger partial charge in [0.2, 0.25) is 0 Å². The average Bonchev–Trinajstić information content (AvgIpc) is 3.58. The second kappa shape index (κ2) is 11.4. The summed E-state index contributed by atoms with van der Waals surface area (Å²) in [5, 5.41) is 0. The number of ether oxygens (including phenoxy) is 2. The van der Waals surface area contributed by atoms with E-state index in [1.54, 1.807) is 0 Å². The number of Topliss-reactive ketones (excluding diaryl/α,β-unsaturated/α-hetero) is 2. The van der Waals surface area contributed by atoms with E-state index in [1.807, 2.05) is 14.2 Å². The van der Waals surface area contributed by atoms with E-state index in [-0.39, 0.29) is 27.3 Å². The van der Waals surface area contributed by atoms with Gasteiger partial charge < -0.3 is 9.47 Å². The van der Waals surface area contributed by atoms with Gasteiger partial charge in [-0.2, -0.15) is 0 Å². The number of hydrogen-bond donors (Lipinski definition) is 0. The van der Waals surface area contributed by atoms with Crippen molar-refractivity contribution in [1.29, 1.82) is 0 Å². The van der Waals surface area contributed by atoms with Gasteiger partial charge in [-0.05, 0) is 164 Å². The summed E-state index contributed by atoms with van der Waals surface area (Å²) < 4.78 is 12.7. The fourth-order valence-corrected chi connectivity index (χ4v) is 18.1. The first kappa shape index (κ1) is 34.4. The van der Waals surface area contributed by atoms with Gasteiger partial charge in [-0.15, -0.1) is 0 Å². The number of hydrogen-bond acceptors (Lipinski definition) is 4. The minimum Gasteiger partial charge on any atom is -0.381 e. The van der Waals surface area contributed by atoms with Gasteiger partial charge in [0.05, 0.1) is 11.7 Å². The van der Waals surface area contributed by atoms with Crippen LogP contribution in [-0.4, -0.2) is 37.5 Å². The van der Waals surface area contributed by atoms with Crippen LogP contribution in [0.1, 0.15) is 157 Å². The lowest BCUT2D eigenvalue weighted by Gasteiger charge is -2.73. The quantitative estimate of drug-likeness (QED) is 0.294. The zero-order chi connectivity index (χ0) is 34.1. The maximum atomic E-state index is 14.2. The van der Waals surface area contributed by atoms with Crippen molar-refractivity contribution in [1.82, 2.24) is 0 Å². The van der Waals surface area contributed by atoms with Crippen LogP contribution in [0.2, 0.25) is 0 Å². The molecule has 0 bridgehead atoms. The Bertz CT molecular complexity index is 1300. The molecule has 4 nitrogen and oxygen atoms in total. The minimum absolute atomic E-state index is 0.0135. The molecule has 8 aliphatic rings. The molecule has 48 heavy (non-hydrogen) atoms. The van der Waals surface area contributed by atoms with Crippen molar-refractivity contribution in [3.8, 4) is 0 Å². The second-order valence-electron chi connectivity index (χ2n) is 20.3. The molecular weight excluding hydrogens is 592 g/mol. The van der Waals surface area contributed by atoms with Crippen molar-refractivity contribution in [2.45, 2.75) is 169 Å². The monoisotopic (exact) mass is 663 g/mol. The Hall–Kier alpha value is -0.740.